The van der Waals surface area contributed by atoms with Crippen LogP contribution in [0.3, 0.4) is 0 Å². The molecule has 1 aliphatic heterocycles. The summed E-state index contributed by atoms with van der Waals surface area (Å²) < 4.78 is 5.51. The van der Waals surface area contributed by atoms with Crippen molar-refractivity contribution in [3.63, 3.8) is 0 Å². The standard InChI is InChI=1S/C18H23N3O2/c1-21(13-18(22)20-11-16-6-4-8-23-16)12-14-9-15-5-2-3-7-17(15)19-10-14/h2-3,5,7,9-10,16H,4,6,8,11-13H2,1H3,(H,20,22)/t16-/m0/s1. The van der Waals surface area contributed by atoms with Crippen molar-refractivity contribution in [3.05, 3.63) is 42.1 Å². The van der Waals surface area contributed by atoms with E-state index in [9.17, 15) is 4.79 Å². The maximum Gasteiger partial charge on any atom is 0.234 e. The molecule has 2 heterocycles. The molecule has 2 aromatic rings. The van der Waals surface area contributed by atoms with E-state index in [1.165, 1.54) is 0 Å². The molecule has 1 fully saturated rings. The van der Waals surface area contributed by atoms with Crippen molar-refractivity contribution in [2.75, 3.05) is 26.7 Å². The first-order valence-corrected chi connectivity index (χ1v) is 8.11. The lowest BCUT2D eigenvalue weighted by Gasteiger charge is -2.17. The van der Waals surface area contributed by atoms with Crippen LogP contribution < -0.4 is 5.32 Å². The number of para-hydroxylation sites is 1. The molecule has 1 amide bonds. The summed E-state index contributed by atoms with van der Waals surface area (Å²) in [5, 5.41) is 4.08. The number of pyridine rings is 1. The van der Waals surface area contributed by atoms with Crippen LogP contribution in [0.25, 0.3) is 10.9 Å². The van der Waals surface area contributed by atoms with E-state index < -0.39 is 0 Å². The molecule has 1 aromatic heterocycles. The number of hydrogen-bond donors (Lipinski definition) is 1. The number of rotatable bonds is 6. The van der Waals surface area contributed by atoms with Crippen LogP contribution in [0.2, 0.25) is 0 Å². The minimum Gasteiger partial charge on any atom is -0.376 e. The first-order chi connectivity index (χ1) is 11.2. The molecule has 0 unspecified atom stereocenters. The number of nitrogens with one attached hydrogen (secondary N) is 1. The largest absolute Gasteiger partial charge is 0.376 e. The SMILES string of the molecule is CN(CC(=O)NC[C@@H]1CCCO1)Cc1cnc2ccccc2c1. The highest BCUT2D eigenvalue weighted by atomic mass is 16.5. The number of carbonyl (C=O) groups excluding carboxylic acids is 1. The molecule has 1 atom stereocenters. The number of aromatic nitrogens is 1. The first kappa shape index (κ1) is 15.9. The Bertz CT molecular complexity index is 668. The second-order valence-corrected chi connectivity index (χ2v) is 6.15. The lowest BCUT2D eigenvalue weighted by Crippen LogP contribution is -2.38. The number of amides is 1. The summed E-state index contributed by atoms with van der Waals surface area (Å²) in [6, 6.07) is 10.2. The predicted molar refractivity (Wildman–Crippen MR) is 90.1 cm³/mol. The van der Waals surface area contributed by atoms with Gasteiger partial charge in [-0.05, 0) is 37.6 Å². The van der Waals surface area contributed by atoms with Crippen molar-refractivity contribution in [3.8, 4) is 0 Å². The minimum atomic E-state index is 0.0387. The number of carbonyl (C=O) groups is 1. The molecule has 1 saturated heterocycles. The van der Waals surface area contributed by atoms with Crippen LogP contribution >= 0.6 is 0 Å². The van der Waals surface area contributed by atoms with E-state index in [0.717, 1.165) is 35.9 Å². The van der Waals surface area contributed by atoms with Gasteiger partial charge >= 0.3 is 0 Å². The van der Waals surface area contributed by atoms with Gasteiger partial charge in [-0.15, -0.1) is 0 Å². The van der Waals surface area contributed by atoms with Crippen molar-refractivity contribution < 1.29 is 9.53 Å². The van der Waals surface area contributed by atoms with Gasteiger partial charge in [-0.25, -0.2) is 0 Å². The van der Waals surface area contributed by atoms with Gasteiger partial charge in [0.15, 0.2) is 0 Å². The quantitative estimate of drug-likeness (QED) is 0.886. The van der Waals surface area contributed by atoms with E-state index in [2.05, 4.69) is 22.4 Å². The number of likely N-dealkylation sites (N-methyl/N-ethyl adjacent to an activating group) is 1. The van der Waals surface area contributed by atoms with Crippen LogP contribution in [-0.4, -0.2) is 48.6 Å². The Kier molecular flexibility index (Phi) is 5.20. The molecular weight excluding hydrogens is 290 g/mol. The van der Waals surface area contributed by atoms with Gasteiger partial charge in [0.05, 0.1) is 18.2 Å². The van der Waals surface area contributed by atoms with Gasteiger partial charge in [0.2, 0.25) is 5.91 Å². The van der Waals surface area contributed by atoms with Crippen LogP contribution in [0.5, 0.6) is 0 Å². The molecule has 0 radical (unpaired) electrons. The Balaban J connectivity index is 1.49. The molecule has 1 aromatic carbocycles. The third-order valence-electron chi connectivity index (χ3n) is 4.06. The van der Waals surface area contributed by atoms with E-state index in [4.69, 9.17) is 4.74 Å². The molecule has 3 rings (SSSR count). The average Bonchev–Trinajstić information content (AvgIpc) is 3.06. The van der Waals surface area contributed by atoms with Gasteiger partial charge in [0.1, 0.15) is 0 Å². The predicted octanol–water partition coefficient (Wildman–Crippen LogP) is 1.96. The lowest BCUT2D eigenvalue weighted by molar-refractivity contribution is -0.122. The molecule has 1 aliphatic rings. The Morgan fingerprint density at radius 1 is 1.43 bits per heavy atom. The van der Waals surface area contributed by atoms with Gasteiger partial charge in [0.25, 0.3) is 0 Å². The number of nitrogens with zero attached hydrogens (tertiary/aromatic N) is 2. The van der Waals surface area contributed by atoms with E-state index >= 15 is 0 Å². The van der Waals surface area contributed by atoms with E-state index in [-0.39, 0.29) is 12.0 Å². The van der Waals surface area contributed by atoms with Crippen molar-refractivity contribution in [1.82, 2.24) is 15.2 Å². The van der Waals surface area contributed by atoms with Crippen molar-refractivity contribution >= 4 is 16.8 Å². The Morgan fingerprint density at radius 2 is 2.30 bits per heavy atom. The van der Waals surface area contributed by atoms with Gasteiger partial charge in [-0.2, -0.15) is 0 Å². The van der Waals surface area contributed by atoms with Gasteiger partial charge in [0, 0.05) is 31.3 Å². The topological polar surface area (TPSA) is 54.5 Å². The average molecular weight is 313 g/mol. The lowest BCUT2D eigenvalue weighted by atomic mass is 10.1. The summed E-state index contributed by atoms with van der Waals surface area (Å²) in [7, 11) is 1.95. The van der Waals surface area contributed by atoms with E-state index in [0.29, 0.717) is 19.6 Å². The van der Waals surface area contributed by atoms with Gasteiger partial charge in [-0.1, -0.05) is 18.2 Å². The fraction of sp³-hybridized carbons (Fsp3) is 0.444. The molecule has 5 nitrogen and oxygen atoms in total. The van der Waals surface area contributed by atoms with Crippen LogP contribution in [0.1, 0.15) is 18.4 Å². The maximum absolute atomic E-state index is 12.0. The third-order valence-corrected chi connectivity index (χ3v) is 4.06. The summed E-state index contributed by atoms with van der Waals surface area (Å²) in [5.74, 6) is 0.0387. The first-order valence-electron chi connectivity index (χ1n) is 8.11. The van der Waals surface area contributed by atoms with E-state index in [1.54, 1.807) is 0 Å². The summed E-state index contributed by atoms with van der Waals surface area (Å²) in [6.45, 7) is 2.50. The fourth-order valence-corrected chi connectivity index (χ4v) is 2.90. The molecule has 0 spiro atoms. The third kappa shape index (κ3) is 4.50. The molecule has 5 heteroatoms. The van der Waals surface area contributed by atoms with Gasteiger partial charge in [-0.3, -0.25) is 14.7 Å². The van der Waals surface area contributed by atoms with Crippen LogP contribution in [0.4, 0.5) is 0 Å². The number of benzene rings is 1. The maximum atomic E-state index is 12.0. The second-order valence-electron chi connectivity index (χ2n) is 6.15. The van der Waals surface area contributed by atoms with Crippen LogP contribution in [0, 0.1) is 0 Å². The monoisotopic (exact) mass is 313 g/mol. The second kappa shape index (κ2) is 7.53. The summed E-state index contributed by atoms with van der Waals surface area (Å²) >= 11 is 0. The molecular formula is C18H23N3O2. The molecule has 0 bridgehead atoms. The summed E-state index contributed by atoms with van der Waals surface area (Å²) in [4.78, 5) is 18.4. The number of hydrogen-bond acceptors (Lipinski definition) is 4. The van der Waals surface area contributed by atoms with E-state index in [1.807, 2.05) is 36.3 Å². The number of fused-ring (bicyclic) bond motifs is 1. The van der Waals surface area contributed by atoms with Crippen LogP contribution in [-0.2, 0) is 16.1 Å². The highest BCUT2D eigenvalue weighted by Gasteiger charge is 2.16. The highest BCUT2D eigenvalue weighted by Crippen LogP contribution is 2.14. The zero-order valence-corrected chi connectivity index (χ0v) is 13.5. The molecule has 0 aliphatic carbocycles. The molecule has 1 N–H and O–H groups in total. The zero-order chi connectivity index (χ0) is 16.1. The molecule has 122 valence electrons. The molecule has 23 heavy (non-hydrogen) atoms. The Hall–Kier alpha value is -1.98. The Morgan fingerprint density at radius 3 is 3.13 bits per heavy atom. The normalized spacial score (nSPS) is 17.7. The smallest absolute Gasteiger partial charge is 0.234 e. The fourth-order valence-electron chi connectivity index (χ4n) is 2.90. The van der Waals surface area contributed by atoms with Crippen molar-refractivity contribution in [2.24, 2.45) is 0 Å². The van der Waals surface area contributed by atoms with Crippen molar-refractivity contribution in [1.29, 1.82) is 0 Å². The van der Waals surface area contributed by atoms with Crippen LogP contribution in [0.15, 0.2) is 36.5 Å². The number of ether oxygens (including phenoxy) is 1. The molecule has 0 saturated carbocycles. The summed E-state index contributed by atoms with van der Waals surface area (Å²) in [5.41, 5.74) is 2.10. The highest BCUT2D eigenvalue weighted by molar-refractivity contribution is 5.79. The van der Waals surface area contributed by atoms with Crippen molar-refractivity contribution in [2.45, 2.75) is 25.5 Å². The van der Waals surface area contributed by atoms with Gasteiger partial charge < -0.3 is 10.1 Å². The zero-order valence-electron chi connectivity index (χ0n) is 13.5. The summed E-state index contributed by atoms with van der Waals surface area (Å²) in [6.07, 6.45) is 4.20. The Labute approximate surface area is 136 Å². The minimum absolute atomic E-state index is 0.0387.